The van der Waals surface area contributed by atoms with Gasteiger partial charge in [-0.3, -0.25) is 4.79 Å². The van der Waals surface area contributed by atoms with E-state index in [2.05, 4.69) is 48.5 Å². The first-order valence-electron chi connectivity index (χ1n) is 12.8. The van der Waals surface area contributed by atoms with Crippen molar-refractivity contribution >= 4 is 11.9 Å². The van der Waals surface area contributed by atoms with Crippen LogP contribution in [0.25, 0.3) is 11.1 Å². The molecule has 0 radical (unpaired) electrons. The van der Waals surface area contributed by atoms with Crippen LogP contribution in [-0.2, 0) is 4.74 Å². The molecule has 3 aromatic rings. The summed E-state index contributed by atoms with van der Waals surface area (Å²) in [7, 11) is 0. The van der Waals surface area contributed by atoms with E-state index in [4.69, 9.17) is 4.74 Å². The summed E-state index contributed by atoms with van der Waals surface area (Å²) in [4.78, 5) is 28.7. The first-order chi connectivity index (χ1) is 17.1. The van der Waals surface area contributed by atoms with Crippen molar-refractivity contribution in [1.82, 2.24) is 4.90 Å². The van der Waals surface area contributed by atoms with E-state index < -0.39 is 0 Å². The predicted octanol–water partition coefficient (Wildman–Crippen LogP) is 6.76. The van der Waals surface area contributed by atoms with Gasteiger partial charge in [-0.05, 0) is 66.8 Å². The van der Waals surface area contributed by atoms with Crippen molar-refractivity contribution in [2.45, 2.75) is 57.0 Å². The lowest BCUT2D eigenvalue weighted by atomic mass is 9.75. The molecule has 6 rings (SSSR count). The van der Waals surface area contributed by atoms with Gasteiger partial charge in [-0.25, -0.2) is 4.79 Å². The second-order valence-corrected chi connectivity index (χ2v) is 10.3. The molecule has 35 heavy (non-hydrogen) atoms. The van der Waals surface area contributed by atoms with Gasteiger partial charge < -0.3 is 9.64 Å². The Hall–Kier alpha value is -3.40. The van der Waals surface area contributed by atoms with E-state index in [1.54, 1.807) is 0 Å². The Morgan fingerprint density at radius 1 is 0.829 bits per heavy atom. The van der Waals surface area contributed by atoms with Crippen LogP contribution in [0, 0.1) is 12.8 Å². The third kappa shape index (κ3) is 3.85. The first kappa shape index (κ1) is 22.1. The summed E-state index contributed by atoms with van der Waals surface area (Å²) in [5, 5.41) is 0. The lowest BCUT2D eigenvalue weighted by molar-refractivity contribution is 0.00649. The van der Waals surface area contributed by atoms with E-state index in [0.717, 1.165) is 43.2 Å². The molecule has 2 heterocycles. The fourth-order valence-corrected chi connectivity index (χ4v) is 6.63. The zero-order valence-corrected chi connectivity index (χ0v) is 20.2. The highest BCUT2D eigenvalue weighted by Gasteiger charge is 2.44. The summed E-state index contributed by atoms with van der Waals surface area (Å²) < 4.78 is 6.02. The second kappa shape index (κ2) is 8.99. The molecule has 1 amide bonds. The number of nitrogens with zero attached hydrogens (tertiary/aromatic N) is 1. The van der Waals surface area contributed by atoms with E-state index in [9.17, 15) is 9.59 Å². The normalized spacial score (nSPS) is 22.9. The number of ether oxygens (including phenoxy) is 1. The Labute approximate surface area is 206 Å². The van der Waals surface area contributed by atoms with Crippen molar-refractivity contribution in [2.75, 3.05) is 6.61 Å². The molecule has 4 nitrogen and oxygen atoms in total. The Balaban J connectivity index is 1.17. The summed E-state index contributed by atoms with van der Waals surface area (Å²) in [6.07, 6.45) is 4.23. The Kier molecular flexibility index (Phi) is 5.68. The minimum Gasteiger partial charge on any atom is -0.448 e. The Morgan fingerprint density at radius 3 is 2.03 bits per heavy atom. The Bertz CT molecular complexity index is 1220. The molecule has 0 saturated carbocycles. The fourth-order valence-electron chi connectivity index (χ4n) is 6.63. The van der Waals surface area contributed by atoms with Crippen molar-refractivity contribution in [2.24, 2.45) is 5.92 Å². The number of hydrogen-bond acceptors (Lipinski definition) is 3. The molecule has 3 aliphatic rings. The number of Topliss-reactive ketones (excluding diaryl/α,β-unsaturated/α-hetero) is 1. The average Bonchev–Trinajstić information content (AvgIpc) is 3.20. The van der Waals surface area contributed by atoms with Crippen LogP contribution in [0.5, 0.6) is 0 Å². The summed E-state index contributed by atoms with van der Waals surface area (Å²) in [5.41, 5.74) is 6.77. The number of fused-ring (bicyclic) bond motifs is 5. The lowest BCUT2D eigenvalue weighted by Crippen LogP contribution is -2.56. The van der Waals surface area contributed by atoms with E-state index in [-0.39, 0.29) is 35.8 Å². The molecule has 0 N–H and O–H groups in total. The number of aryl methyl sites for hydroxylation is 1. The second-order valence-electron chi connectivity index (χ2n) is 10.3. The number of benzene rings is 3. The summed E-state index contributed by atoms with van der Waals surface area (Å²) in [6.45, 7) is 2.34. The van der Waals surface area contributed by atoms with E-state index >= 15 is 0 Å². The van der Waals surface area contributed by atoms with Crippen LogP contribution >= 0.6 is 0 Å². The van der Waals surface area contributed by atoms with Crippen molar-refractivity contribution in [3.63, 3.8) is 0 Å². The van der Waals surface area contributed by atoms with Crippen LogP contribution in [0.15, 0.2) is 72.8 Å². The number of ketones is 1. The maximum Gasteiger partial charge on any atom is 0.410 e. The molecule has 2 aliphatic heterocycles. The van der Waals surface area contributed by atoms with Crippen LogP contribution in [0.2, 0.25) is 0 Å². The standard InChI is InChI=1S/C31H31NO3/c1-20-9-2-3-12-24(20)30(33)21-17-22-10-8-11-23(18-21)32(22)31(34)35-19-29-27-15-6-4-13-25(27)26-14-5-7-16-28(26)29/h2-7,9,12-16,21-23,29H,8,10-11,17-19H2,1H3. The molecule has 0 aromatic heterocycles. The van der Waals surface area contributed by atoms with Crippen molar-refractivity contribution in [3.8, 4) is 11.1 Å². The molecule has 2 bridgehead atoms. The zero-order valence-electron chi connectivity index (χ0n) is 20.2. The summed E-state index contributed by atoms with van der Waals surface area (Å²) in [5.74, 6) is 0.266. The van der Waals surface area contributed by atoms with Crippen LogP contribution in [0.4, 0.5) is 4.79 Å². The van der Waals surface area contributed by atoms with Gasteiger partial charge in [0.05, 0.1) is 0 Å². The largest absolute Gasteiger partial charge is 0.448 e. The molecular weight excluding hydrogens is 434 g/mol. The molecule has 2 atom stereocenters. The van der Waals surface area contributed by atoms with Crippen molar-refractivity contribution < 1.29 is 14.3 Å². The van der Waals surface area contributed by atoms with E-state index in [1.807, 2.05) is 36.1 Å². The van der Waals surface area contributed by atoms with E-state index in [1.165, 1.54) is 22.3 Å². The lowest BCUT2D eigenvalue weighted by Gasteiger charge is -2.47. The average molecular weight is 466 g/mol. The predicted molar refractivity (Wildman–Crippen MR) is 137 cm³/mol. The molecule has 4 heteroatoms. The number of rotatable bonds is 4. The maximum absolute atomic E-state index is 13.4. The number of piperidine rings is 2. The van der Waals surface area contributed by atoms with Crippen molar-refractivity contribution in [1.29, 1.82) is 0 Å². The number of carbonyl (C=O) groups excluding carboxylic acids is 2. The van der Waals surface area contributed by atoms with Gasteiger partial charge in [0, 0.05) is 29.5 Å². The molecule has 2 unspecified atom stereocenters. The van der Waals surface area contributed by atoms with Gasteiger partial charge in [0.15, 0.2) is 5.78 Å². The smallest absolute Gasteiger partial charge is 0.410 e. The van der Waals surface area contributed by atoms with Gasteiger partial charge in [0.1, 0.15) is 6.61 Å². The highest BCUT2D eigenvalue weighted by Crippen LogP contribution is 2.45. The number of amides is 1. The third-order valence-corrected chi connectivity index (χ3v) is 8.30. The molecule has 1 aliphatic carbocycles. The monoisotopic (exact) mass is 465 g/mol. The van der Waals surface area contributed by atoms with Crippen LogP contribution in [0.3, 0.4) is 0 Å². The number of hydrogen-bond donors (Lipinski definition) is 0. The van der Waals surface area contributed by atoms with Gasteiger partial charge in [-0.2, -0.15) is 0 Å². The van der Waals surface area contributed by atoms with Gasteiger partial charge in [0.25, 0.3) is 0 Å². The van der Waals surface area contributed by atoms with Crippen LogP contribution in [-0.4, -0.2) is 35.5 Å². The molecule has 2 saturated heterocycles. The quantitative estimate of drug-likeness (QED) is 0.400. The Morgan fingerprint density at radius 2 is 1.40 bits per heavy atom. The minimum atomic E-state index is -0.219. The highest BCUT2D eigenvalue weighted by atomic mass is 16.6. The topological polar surface area (TPSA) is 46.6 Å². The third-order valence-electron chi connectivity index (χ3n) is 8.30. The van der Waals surface area contributed by atoms with Crippen LogP contribution < -0.4 is 0 Å². The van der Waals surface area contributed by atoms with Crippen molar-refractivity contribution in [3.05, 3.63) is 95.1 Å². The van der Waals surface area contributed by atoms with E-state index in [0.29, 0.717) is 6.61 Å². The number of carbonyl (C=O) groups is 2. The SMILES string of the molecule is Cc1ccccc1C(=O)C1CC2CCCC(C1)N2C(=O)OCC1c2ccccc2-c2ccccc21. The molecule has 0 spiro atoms. The molecular formula is C31H31NO3. The highest BCUT2D eigenvalue weighted by molar-refractivity contribution is 5.99. The zero-order chi connectivity index (χ0) is 23.9. The maximum atomic E-state index is 13.4. The molecule has 178 valence electrons. The van der Waals surface area contributed by atoms with Gasteiger partial charge in [-0.15, -0.1) is 0 Å². The molecule has 2 fully saturated rings. The summed E-state index contributed by atoms with van der Waals surface area (Å²) >= 11 is 0. The first-order valence-corrected chi connectivity index (χ1v) is 12.8. The minimum absolute atomic E-state index is 0.0240. The summed E-state index contributed by atoms with van der Waals surface area (Å²) in [6, 6.07) is 24.8. The van der Waals surface area contributed by atoms with Gasteiger partial charge in [0.2, 0.25) is 0 Å². The van der Waals surface area contributed by atoms with Crippen LogP contribution in [0.1, 0.15) is 65.1 Å². The fraction of sp³-hybridized carbons (Fsp3) is 0.355. The van der Waals surface area contributed by atoms with Gasteiger partial charge >= 0.3 is 6.09 Å². The van der Waals surface area contributed by atoms with Gasteiger partial charge in [-0.1, -0.05) is 72.8 Å². The molecule has 3 aromatic carbocycles.